The Morgan fingerprint density at radius 3 is 2.85 bits per heavy atom. The maximum absolute atomic E-state index is 5.41. The third kappa shape index (κ3) is 6.31. The van der Waals surface area contributed by atoms with E-state index in [-0.39, 0.29) is 0 Å². The Bertz CT molecular complexity index is 663. The van der Waals surface area contributed by atoms with Gasteiger partial charge < -0.3 is 20.0 Å². The van der Waals surface area contributed by atoms with Crippen molar-refractivity contribution in [1.82, 2.24) is 15.6 Å². The van der Waals surface area contributed by atoms with Gasteiger partial charge in [0.05, 0.1) is 6.26 Å². The van der Waals surface area contributed by atoms with Crippen LogP contribution in [0.25, 0.3) is 0 Å². The molecule has 2 N–H and O–H groups in total. The predicted molar refractivity (Wildman–Crippen MR) is 110 cm³/mol. The number of anilines is 1. The fraction of sp³-hybridized carbons (Fsp3) is 0.524. The summed E-state index contributed by atoms with van der Waals surface area (Å²) in [5, 5.41) is 7.09. The highest BCUT2D eigenvalue weighted by atomic mass is 16.3. The summed E-state index contributed by atoms with van der Waals surface area (Å²) >= 11 is 0. The molecule has 3 heterocycles. The van der Waals surface area contributed by atoms with Crippen molar-refractivity contribution in [2.24, 2.45) is 4.99 Å². The molecule has 1 aliphatic heterocycles. The van der Waals surface area contributed by atoms with Gasteiger partial charge in [-0.2, -0.15) is 0 Å². The highest BCUT2D eigenvalue weighted by Crippen LogP contribution is 2.17. The molecule has 27 heavy (non-hydrogen) atoms. The van der Waals surface area contributed by atoms with Crippen LogP contribution in [-0.4, -0.2) is 43.2 Å². The largest absolute Gasteiger partial charge is 0.469 e. The minimum absolute atomic E-state index is 0.446. The van der Waals surface area contributed by atoms with E-state index in [9.17, 15) is 0 Å². The van der Waals surface area contributed by atoms with Gasteiger partial charge in [0.2, 0.25) is 0 Å². The molecule has 0 atom stereocenters. The Labute approximate surface area is 162 Å². The average Bonchev–Trinajstić information content (AvgIpc) is 3.23. The second-order valence-corrected chi connectivity index (χ2v) is 6.93. The minimum Gasteiger partial charge on any atom is -0.469 e. The van der Waals surface area contributed by atoms with Crippen LogP contribution in [0.4, 0.5) is 5.82 Å². The fourth-order valence-corrected chi connectivity index (χ4v) is 3.25. The van der Waals surface area contributed by atoms with E-state index < -0.39 is 0 Å². The van der Waals surface area contributed by atoms with Crippen LogP contribution in [0.15, 0.2) is 52.2 Å². The first kappa shape index (κ1) is 19.3. The lowest BCUT2D eigenvalue weighted by Gasteiger charge is -2.33. The smallest absolute Gasteiger partial charge is 0.191 e. The number of furan rings is 1. The number of unbranched alkanes of at least 4 members (excludes halogenated alkanes) is 1. The van der Waals surface area contributed by atoms with Crippen LogP contribution in [-0.2, 0) is 6.42 Å². The van der Waals surface area contributed by atoms with Crippen LogP contribution in [0.3, 0.4) is 0 Å². The van der Waals surface area contributed by atoms with E-state index in [0.717, 1.165) is 75.8 Å². The van der Waals surface area contributed by atoms with E-state index >= 15 is 0 Å². The van der Waals surface area contributed by atoms with Crippen molar-refractivity contribution < 1.29 is 4.42 Å². The van der Waals surface area contributed by atoms with Gasteiger partial charge in [-0.15, -0.1) is 0 Å². The van der Waals surface area contributed by atoms with E-state index in [1.165, 1.54) is 0 Å². The van der Waals surface area contributed by atoms with Crippen molar-refractivity contribution in [3.05, 3.63) is 48.6 Å². The molecule has 0 spiro atoms. The van der Waals surface area contributed by atoms with Crippen LogP contribution in [0, 0.1) is 0 Å². The topological polar surface area (TPSA) is 65.7 Å². The number of hydrogen-bond donors (Lipinski definition) is 2. The molecule has 1 fully saturated rings. The molecule has 2 aromatic rings. The lowest BCUT2D eigenvalue weighted by Crippen LogP contribution is -2.49. The first-order valence-corrected chi connectivity index (χ1v) is 10.1. The van der Waals surface area contributed by atoms with Crippen molar-refractivity contribution in [3.8, 4) is 0 Å². The molecule has 0 radical (unpaired) electrons. The molecule has 0 unspecified atom stereocenters. The van der Waals surface area contributed by atoms with E-state index in [2.05, 4.69) is 33.5 Å². The molecule has 6 nitrogen and oxygen atoms in total. The molecule has 6 heteroatoms. The molecule has 1 aliphatic rings. The summed E-state index contributed by atoms with van der Waals surface area (Å²) in [6.45, 7) is 5.91. The van der Waals surface area contributed by atoms with Crippen molar-refractivity contribution in [3.63, 3.8) is 0 Å². The second kappa shape index (κ2) is 10.6. The van der Waals surface area contributed by atoms with Crippen LogP contribution in [0.1, 0.15) is 38.4 Å². The van der Waals surface area contributed by atoms with Crippen LogP contribution < -0.4 is 15.5 Å². The third-order valence-corrected chi connectivity index (χ3v) is 4.83. The maximum Gasteiger partial charge on any atom is 0.191 e. The van der Waals surface area contributed by atoms with Crippen LogP contribution >= 0.6 is 0 Å². The summed E-state index contributed by atoms with van der Waals surface area (Å²) in [5.74, 6) is 3.00. The van der Waals surface area contributed by atoms with Gasteiger partial charge in [0, 0.05) is 44.8 Å². The standard InChI is InChI=1S/C21H31N5O/c1-2-3-12-23-21(24-14-9-19-7-6-17-27-19)25-18-10-15-26(16-11-18)20-8-4-5-13-22-20/h4-8,13,17-18H,2-3,9-12,14-16H2,1H3,(H2,23,24,25). The van der Waals surface area contributed by atoms with Gasteiger partial charge >= 0.3 is 0 Å². The Balaban J connectivity index is 1.47. The number of aliphatic imine (C=N–C) groups is 1. The third-order valence-electron chi connectivity index (χ3n) is 4.83. The van der Waals surface area contributed by atoms with Crippen molar-refractivity contribution in [2.75, 3.05) is 31.1 Å². The fourth-order valence-electron chi connectivity index (χ4n) is 3.25. The number of piperidine rings is 1. The maximum atomic E-state index is 5.41. The summed E-state index contributed by atoms with van der Waals surface area (Å²) in [6.07, 6.45) is 8.89. The van der Waals surface area contributed by atoms with Gasteiger partial charge in [-0.25, -0.2) is 4.98 Å². The Morgan fingerprint density at radius 1 is 1.26 bits per heavy atom. The number of guanidine groups is 1. The number of rotatable bonds is 8. The molecule has 0 amide bonds. The lowest BCUT2D eigenvalue weighted by molar-refractivity contribution is 0.458. The van der Waals surface area contributed by atoms with E-state index in [1.807, 2.05) is 30.5 Å². The Morgan fingerprint density at radius 2 is 2.15 bits per heavy atom. The van der Waals surface area contributed by atoms with Gasteiger partial charge in [-0.3, -0.25) is 4.99 Å². The second-order valence-electron chi connectivity index (χ2n) is 6.93. The normalized spacial score (nSPS) is 15.7. The molecule has 146 valence electrons. The van der Waals surface area contributed by atoms with E-state index in [1.54, 1.807) is 6.26 Å². The number of pyridine rings is 1. The summed E-state index contributed by atoms with van der Waals surface area (Å²) in [4.78, 5) is 11.6. The molecule has 0 saturated carbocycles. The first-order chi connectivity index (χ1) is 13.3. The van der Waals surface area contributed by atoms with Gasteiger partial charge in [-0.05, 0) is 43.5 Å². The average molecular weight is 370 g/mol. The van der Waals surface area contributed by atoms with Gasteiger partial charge in [0.25, 0.3) is 0 Å². The van der Waals surface area contributed by atoms with Crippen molar-refractivity contribution in [2.45, 2.75) is 45.1 Å². The molecular weight excluding hydrogens is 338 g/mol. The van der Waals surface area contributed by atoms with Gasteiger partial charge in [0.1, 0.15) is 11.6 Å². The molecule has 1 saturated heterocycles. The Kier molecular flexibility index (Phi) is 7.56. The van der Waals surface area contributed by atoms with Crippen LogP contribution in [0.5, 0.6) is 0 Å². The summed E-state index contributed by atoms with van der Waals surface area (Å²) in [5.41, 5.74) is 0. The van der Waals surface area contributed by atoms with E-state index in [4.69, 9.17) is 9.41 Å². The molecule has 0 bridgehead atoms. The highest BCUT2D eigenvalue weighted by molar-refractivity contribution is 5.80. The first-order valence-electron chi connectivity index (χ1n) is 10.1. The molecule has 2 aromatic heterocycles. The number of aromatic nitrogens is 1. The summed E-state index contributed by atoms with van der Waals surface area (Å²) in [7, 11) is 0. The van der Waals surface area contributed by atoms with Crippen LogP contribution in [0.2, 0.25) is 0 Å². The van der Waals surface area contributed by atoms with Gasteiger partial charge in [0.15, 0.2) is 5.96 Å². The number of hydrogen-bond acceptors (Lipinski definition) is 4. The predicted octanol–water partition coefficient (Wildman–Crippen LogP) is 3.22. The quantitative estimate of drug-likeness (QED) is 0.425. The zero-order valence-electron chi connectivity index (χ0n) is 16.2. The minimum atomic E-state index is 0.446. The number of nitrogens with zero attached hydrogens (tertiary/aromatic N) is 3. The molecule has 0 aliphatic carbocycles. The lowest BCUT2D eigenvalue weighted by atomic mass is 10.1. The molecular formula is C21H31N5O. The number of nitrogens with one attached hydrogen (secondary N) is 2. The monoisotopic (exact) mass is 369 g/mol. The van der Waals surface area contributed by atoms with E-state index in [0.29, 0.717) is 6.04 Å². The van der Waals surface area contributed by atoms with Crippen molar-refractivity contribution in [1.29, 1.82) is 0 Å². The van der Waals surface area contributed by atoms with Crippen molar-refractivity contribution >= 4 is 11.8 Å². The molecule has 0 aromatic carbocycles. The zero-order valence-corrected chi connectivity index (χ0v) is 16.2. The highest BCUT2D eigenvalue weighted by Gasteiger charge is 2.20. The SMILES string of the molecule is CCCCN=C(NCCc1ccco1)NC1CCN(c2ccccn2)CC1. The summed E-state index contributed by atoms with van der Waals surface area (Å²) in [6, 6.07) is 10.5. The summed E-state index contributed by atoms with van der Waals surface area (Å²) < 4.78 is 5.41. The Hall–Kier alpha value is -2.50. The van der Waals surface area contributed by atoms with Gasteiger partial charge in [-0.1, -0.05) is 19.4 Å². The zero-order chi connectivity index (χ0) is 18.7. The molecule has 3 rings (SSSR count).